The Hall–Kier alpha value is -2.41. The summed E-state index contributed by atoms with van der Waals surface area (Å²) in [5, 5.41) is 6.33. The van der Waals surface area contributed by atoms with Gasteiger partial charge in [0.1, 0.15) is 0 Å². The van der Waals surface area contributed by atoms with Crippen molar-refractivity contribution in [2.75, 3.05) is 20.1 Å². The largest absolute Gasteiger partial charge is 0.342 e. The molecule has 1 aliphatic rings. The zero-order chi connectivity index (χ0) is 17.8. The predicted octanol–water partition coefficient (Wildman–Crippen LogP) is 2.48. The molecule has 0 bridgehead atoms. The van der Waals surface area contributed by atoms with Gasteiger partial charge in [0.05, 0.1) is 24.0 Å². The van der Waals surface area contributed by atoms with Crippen molar-refractivity contribution in [2.24, 2.45) is 0 Å². The van der Waals surface area contributed by atoms with Crippen LogP contribution >= 0.6 is 11.3 Å². The molecule has 0 fully saturated rings. The summed E-state index contributed by atoms with van der Waals surface area (Å²) in [5.41, 5.74) is 1.41. The second-order valence-corrected chi connectivity index (χ2v) is 6.99. The Balaban J connectivity index is 1.79. The lowest BCUT2D eigenvalue weighted by Crippen LogP contribution is -2.31. The van der Waals surface area contributed by atoms with Gasteiger partial charge >= 0.3 is 0 Å². The lowest BCUT2D eigenvalue weighted by Gasteiger charge is -2.20. The zero-order valence-corrected chi connectivity index (χ0v) is 15.3. The highest BCUT2D eigenvalue weighted by Gasteiger charge is 2.25. The second kappa shape index (κ2) is 7.65. The molecule has 2 amide bonds. The molecule has 3 rings (SSSR count). The molecule has 0 aliphatic carbocycles. The first-order valence-corrected chi connectivity index (χ1v) is 9.28. The standard InChI is InChI=1S/C18H22N4O2S/c1-3-20(2)18(24)15-12-19-22-10-5-9-21(13-16(15)22)17(23)8-7-14-6-4-11-25-14/h4,6-8,11-12H,3,5,9-10,13H2,1-2H3/b8-7+. The summed E-state index contributed by atoms with van der Waals surface area (Å²) in [6, 6.07) is 3.94. The molecule has 0 unspecified atom stereocenters. The zero-order valence-electron chi connectivity index (χ0n) is 14.5. The summed E-state index contributed by atoms with van der Waals surface area (Å²) in [5.74, 6) is -0.0857. The van der Waals surface area contributed by atoms with Crippen molar-refractivity contribution < 1.29 is 9.59 Å². The van der Waals surface area contributed by atoms with Crippen molar-refractivity contribution in [3.05, 3.63) is 45.9 Å². The minimum absolute atomic E-state index is 0.0368. The molecule has 132 valence electrons. The Morgan fingerprint density at radius 1 is 1.40 bits per heavy atom. The van der Waals surface area contributed by atoms with E-state index < -0.39 is 0 Å². The average Bonchev–Trinajstić information content (AvgIpc) is 3.23. The number of aryl methyl sites for hydroxylation is 1. The van der Waals surface area contributed by atoms with Crippen molar-refractivity contribution in [3.63, 3.8) is 0 Å². The van der Waals surface area contributed by atoms with Crippen molar-refractivity contribution in [3.8, 4) is 0 Å². The van der Waals surface area contributed by atoms with Crippen molar-refractivity contribution in [2.45, 2.75) is 26.4 Å². The van der Waals surface area contributed by atoms with E-state index >= 15 is 0 Å². The minimum Gasteiger partial charge on any atom is -0.342 e. The number of carbonyl (C=O) groups is 2. The van der Waals surface area contributed by atoms with Gasteiger partial charge in [-0.15, -0.1) is 11.3 Å². The minimum atomic E-state index is -0.0489. The van der Waals surface area contributed by atoms with E-state index in [1.807, 2.05) is 35.2 Å². The molecule has 0 N–H and O–H groups in total. The van der Waals surface area contributed by atoms with Gasteiger partial charge in [0, 0.05) is 37.6 Å². The number of aromatic nitrogens is 2. The molecule has 0 spiro atoms. The van der Waals surface area contributed by atoms with E-state index in [4.69, 9.17) is 0 Å². The fourth-order valence-electron chi connectivity index (χ4n) is 2.80. The first-order valence-electron chi connectivity index (χ1n) is 8.40. The smallest absolute Gasteiger partial charge is 0.257 e. The van der Waals surface area contributed by atoms with Crippen molar-refractivity contribution in [1.29, 1.82) is 0 Å². The number of fused-ring (bicyclic) bond motifs is 1. The van der Waals surface area contributed by atoms with Crippen LogP contribution in [0.5, 0.6) is 0 Å². The maximum absolute atomic E-state index is 12.6. The van der Waals surface area contributed by atoms with Crippen LogP contribution in [0.25, 0.3) is 6.08 Å². The topological polar surface area (TPSA) is 58.4 Å². The highest BCUT2D eigenvalue weighted by molar-refractivity contribution is 7.10. The fourth-order valence-corrected chi connectivity index (χ4v) is 3.42. The number of thiophene rings is 1. The summed E-state index contributed by atoms with van der Waals surface area (Å²) in [4.78, 5) is 29.6. The molecule has 7 heteroatoms. The molecule has 0 saturated carbocycles. The Labute approximate surface area is 151 Å². The molecule has 1 aliphatic heterocycles. The van der Waals surface area contributed by atoms with Gasteiger partial charge in [0.15, 0.2) is 0 Å². The number of hydrogen-bond acceptors (Lipinski definition) is 4. The van der Waals surface area contributed by atoms with E-state index in [0.717, 1.165) is 23.5 Å². The van der Waals surface area contributed by atoms with Gasteiger partial charge in [-0.2, -0.15) is 5.10 Å². The van der Waals surface area contributed by atoms with Gasteiger partial charge in [0.2, 0.25) is 5.91 Å². The van der Waals surface area contributed by atoms with E-state index in [0.29, 0.717) is 25.2 Å². The number of amides is 2. The first kappa shape index (κ1) is 17.4. The highest BCUT2D eigenvalue weighted by Crippen LogP contribution is 2.19. The third-order valence-corrected chi connectivity index (χ3v) is 5.22. The molecule has 6 nitrogen and oxygen atoms in total. The number of rotatable bonds is 4. The van der Waals surface area contributed by atoms with E-state index in [1.54, 1.807) is 40.5 Å². The summed E-state index contributed by atoms with van der Waals surface area (Å²) in [6.45, 7) is 4.36. The van der Waals surface area contributed by atoms with Gasteiger partial charge in [0.25, 0.3) is 5.91 Å². The SMILES string of the molecule is CCN(C)C(=O)c1cnn2c1CN(C(=O)/C=C/c1cccs1)CCC2. The second-order valence-electron chi connectivity index (χ2n) is 6.01. The number of hydrogen-bond donors (Lipinski definition) is 0. The third kappa shape index (κ3) is 3.82. The Morgan fingerprint density at radius 3 is 2.96 bits per heavy atom. The van der Waals surface area contributed by atoms with Crippen molar-refractivity contribution in [1.82, 2.24) is 19.6 Å². The maximum Gasteiger partial charge on any atom is 0.257 e. The van der Waals surface area contributed by atoms with Crippen LogP contribution in [-0.4, -0.2) is 51.5 Å². The molecule has 25 heavy (non-hydrogen) atoms. The highest BCUT2D eigenvalue weighted by atomic mass is 32.1. The van der Waals surface area contributed by atoms with Crippen LogP contribution in [-0.2, 0) is 17.9 Å². The van der Waals surface area contributed by atoms with Crippen LogP contribution in [0.2, 0.25) is 0 Å². The van der Waals surface area contributed by atoms with Crippen LogP contribution < -0.4 is 0 Å². The Morgan fingerprint density at radius 2 is 2.24 bits per heavy atom. The normalized spacial score (nSPS) is 14.4. The fraction of sp³-hybridized carbons (Fsp3) is 0.389. The van der Waals surface area contributed by atoms with E-state index in [9.17, 15) is 9.59 Å². The molecular formula is C18H22N4O2S. The van der Waals surface area contributed by atoms with E-state index in [-0.39, 0.29) is 11.8 Å². The monoisotopic (exact) mass is 358 g/mol. The first-order chi connectivity index (χ1) is 12.1. The third-order valence-electron chi connectivity index (χ3n) is 4.38. The Kier molecular flexibility index (Phi) is 5.33. The average molecular weight is 358 g/mol. The van der Waals surface area contributed by atoms with Crippen LogP contribution in [0.1, 0.15) is 34.3 Å². The predicted molar refractivity (Wildman–Crippen MR) is 98.2 cm³/mol. The quantitative estimate of drug-likeness (QED) is 0.789. The van der Waals surface area contributed by atoms with E-state index in [2.05, 4.69) is 5.10 Å². The van der Waals surface area contributed by atoms with E-state index in [1.165, 1.54) is 0 Å². The molecule has 0 aromatic carbocycles. The van der Waals surface area contributed by atoms with Crippen LogP contribution in [0.15, 0.2) is 29.8 Å². The van der Waals surface area contributed by atoms with Gasteiger partial charge < -0.3 is 9.80 Å². The molecule has 0 saturated heterocycles. The Bertz CT molecular complexity index is 779. The van der Waals surface area contributed by atoms with Gasteiger partial charge in [-0.25, -0.2) is 0 Å². The molecule has 0 atom stereocenters. The number of nitrogens with zero attached hydrogens (tertiary/aromatic N) is 4. The molecule has 0 radical (unpaired) electrons. The van der Waals surface area contributed by atoms with Gasteiger partial charge in [-0.1, -0.05) is 6.07 Å². The van der Waals surface area contributed by atoms with Crippen LogP contribution in [0.3, 0.4) is 0 Å². The van der Waals surface area contributed by atoms with Gasteiger partial charge in [-0.3, -0.25) is 14.3 Å². The van der Waals surface area contributed by atoms with Gasteiger partial charge in [-0.05, 0) is 30.9 Å². The molecule has 3 heterocycles. The van der Waals surface area contributed by atoms with Crippen LogP contribution in [0, 0.1) is 0 Å². The molecular weight excluding hydrogens is 336 g/mol. The summed E-state index contributed by atoms with van der Waals surface area (Å²) in [6.07, 6.45) is 5.90. The lowest BCUT2D eigenvalue weighted by molar-refractivity contribution is -0.126. The summed E-state index contributed by atoms with van der Waals surface area (Å²) in [7, 11) is 1.77. The number of carbonyl (C=O) groups excluding carboxylic acids is 2. The molecule has 2 aromatic rings. The summed E-state index contributed by atoms with van der Waals surface area (Å²) < 4.78 is 1.85. The lowest BCUT2D eigenvalue weighted by atomic mass is 10.2. The maximum atomic E-state index is 12.6. The van der Waals surface area contributed by atoms with Crippen molar-refractivity contribution >= 4 is 29.2 Å². The molecule has 2 aromatic heterocycles. The summed E-state index contributed by atoms with van der Waals surface area (Å²) >= 11 is 1.60. The van der Waals surface area contributed by atoms with Crippen LogP contribution in [0.4, 0.5) is 0 Å².